The highest BCUT2D eigenvalue weighted by Crippen LogP contribution is 2.59. The number of ketones is 2. The van der Waals surface area contributed by atoms with Crippen LogP contribution in [-0.2, 0) is 9.59 Å². The third-order valence-electron chi connectivity index (χ3n) is 9.72. The van der Waals surface area contributed by atoms with E-state index in [1.807, 2.05) is 0 Å². The predicted molar refractivity (Wildman–Crippen MR) is 129 cm³/mol. The summed E-state index contributed by atoms with van der Waals surface area (Å²) in [5.41, 5.74) is -2.83. The average molecular weight is 461 g/mol. The van der Waals surface area contributed by atoms with Gasteiger partial charge in [-0.25, -0.2) is 0 Å². The monoisotopic (exact) mass is 460 g/mol. The van der Waals surface area contributed by atoms with Crippen LogP contribution in [0.1, 0.15) is 80.1 Å². The molecule has 3 N–H and O–H groups in total. The van der Waals surface area contributed by atoms with Crippen LogP contribution in [0.25, 0.3) is 0 Å². The zero-order chi connectivity index (χ0) is 24.8. The van der Waals surface area contributed by atoms with Gasteiger partial charge in [0.25, 0.3) is 0 Å². The molecule has 2 unspecified atom stereocenters. The second-order valence-electron chi connectivity index (χ2n) is 11.9. The molecule has 3 aliphatic carbocycles. The fourth-order valence-electron chi connectivity index (χ4n) is 6.85. The van der Waals surface area contributed by atoms with Crippen LogP contribution in [0.5, 0.6) is 0 Å². The molecule has 0 aromatic rings. The van der Waals surface area contributed by atoms with Gasteiger partial charge in [-0.15, -0.1) is 0 Å². The maximum absolute atomic E-state index is 13.8. The van der Waals surface area contributed by atoms with Crippen molar-refractivity contribution in [1.82, 2.24) is 0 Å². The second kappa shape index (κ2) is 9.39. The van der Waals surface area contributed by atoms with Gasteiger partial charge in [-0.1, -0.05) is 46.8 Å². The minimum Gasteiger partial charge on any atom is -0.396 e. The van der Waals surface area contributed by atoms with Crippen molar-refractivity contribution in [3.8, 4) is 0 Å². The van der Waals surface area contributed by atoms with E-state index in [-0.39, 0.29) is 36.1 Å². The highest BCUT2D eigenvalue weighted by Gasteiger charge is 2.63. The number of aliphatic hydroxyl groups is 3. The van der Waals surface area contributed by atoms with Crippen molar-refractivity contribution in [1.29, 1.82) is 0 Å². The summed E-state index contributed by atoms with van der Waals surface area (Å²) in [6, 6.07) is 0. The molecule has 3 rings (SSSR count). The fraction of sp³-hybridized carbons (Fsp3) is 0.786. The Labute approximate surface area is 199 Å². The van der Waals surface area contributed by atoms with E-state index in [4.69, 9.17) is 0 Å². The summed E-state index contributed by atoms with van der Waals surface area (Å²) in [6.45, 7) is 12.8. The molecular formula is C28H44O5. The van der Waals surface area contributed by atoms with Gasteiger partial charge < -0.3 is 15.3 Å². The van der Waals surface area contributed by atoms with Crippen molar-refractivity contribution < 1.29 is 24.9 Å². The highest BCUT2D eigenvalue weighted by atomic mass is 16.3. The standard InChI is InChI=1S/C28H44O5/c1-17(2)18(3)7-8-19(4)22-9-10-23(26(22,5)13-14-29)21-15-24(31)28(33)16-20(30)11-12-27(28,6)25(21)32/h7-8,15,17-20,22-23,29-30,33H,9-14,16H2,1-6H3/b8-7-/t18?,19?,20-,22+,23-,26+,27+,28-/m0/s1. The van der Waals surface area contributed by atoms with E-state index in [2.05, 4.69) is 46.8 Å². The molecule has 0 amide bonds. The van der Waals surface area contributed by atoms with Crippen molar-refractivity contribution in [3.05, 3.63) is 23.8 Å². The SMILES string of the molecule is CC(C)C(C)/C=C\C(C)[C@H]1CC[C@@H](C2=CC(=O)[C@@]3(O)C[C@@H](O)CC[C@]3(C)C2=O)[C@]1(C)CCO. The van der Waals surface area contributed by atoms with Crippen molar-refractivity contribution >= 4 is 11.6 Å². The van der Waals surface area contributed by atoms with Gasteiger partial charge in [-0.05, 0) is 80.1 Å². The van der Waals surface area contributed by atoms with E-state index < -0.39 is 22.9 Å². The van der Waals surface area contributed by atoms with Gasteiger partial charge >= 0.3 is 0 Å². The number of hydrogen-bond acceptors (Lipinski definition) is 5. The first-order valence-corrected chi connectivity index (χ1v) is 12.8. The maximum Gasteiger partial charge on any atom is 0.188 e. The molecule has 0 bridgehead atoms. The number of fused-ring (bicyclic) bond motifs is 1. The van der Waals surface area contributed by atoms with Gasteiger partial charge in [-0.2, -0.15) is 0 Å². The number of rotatable bonds is 7. The Bertz CT molecular complexity index is 828. The number of hydrogen-bond donors (Lipinski definition) is 3. The van der Waals surface area contributed by atoms with Crippen LogP contribution < -0.4 is 0 Å². The van der Waals surface area contributed by atoms with E-state index >= 15 is 0 Å². The lowest BCUT2D eigenvalue weighted by molar-refractivity contribution is -0.174. The Morgan fingerprint density at radius 2 is 1.76 bits per heavy atom. The third-order valence-corrected chi connectivity index (χ3v) is 9.72. The molecule has 0 spiro atoms. The molecule has 0 saturated heterocycles. The van der Waals surface area contributed by atoms with Crippen LogP contribution in [-0.4, -0.2) is 45.2 Å². The van der Waals surface area contributed by atoms with Crippen LogP contribution in [0.3, 0.4) is 0 Å². The predicted octanol–water partition coefficient (Wildman–Crippen LogP) is 4.25. The summed E-state index contributed by atoms with van der Waals surface area (Å²) in [7, 11) is 0. The third kappa shape index (κ3) is 4.30. The van der Waals surface area contributed by atoms with Crippen molar-refractivity contribution in [2.24, 2.45) is 40.4 Å². The molecule has 5 heteroatoms. The van der Waals surface area contributed by atoms with E-state index in [9.17, 15) is 24.9 Å². The Morgan fingerprint density at radius 1 is 1.09 bits per heavy atom. The molecule has 5 nitrogen and oxygen atoms in total. The van der Waals surface area contributed by atoms with Crippen LogP contribution in [0, 0.1) is 40.4 Å². The van der Waals surface area contributed by atoms with Gasteiger partial charge in [-0.3, -0.25) is 9.59 Å². The number of allylic oxidation sites excluding steroid dienone is 3. The summed E-state index contributed by atoms with van der Waals surface area (Å²) < 4.78 is 0. The van der Waals surface area contributed by atoms with Gasteiger partial charge in [0, 0.05) is 18.6 Å². The van der Waals surface area contributed by atoms with Gasteiger partial charge in [0.1, 0.15) is 5.60 Å². The molecule has 0 radical (unpaired) electrons. The molecule has 3 aliphatic rings. The number of Topliss-reactive ketones (excluding diaryl/α,β-unsaturated/α-hetero) is 1. The van der Waals surface area contributed by atoms with Crippen molar-refractivity contribution in [2.75, 3.05) is 6.61 Å². The molecule has 0 aliphatic heterocycles. The van der Waals surface area contributed by atoms with Gasteiger partial charge in [0.05, 0.1) is 11.5 Å². The summed E-state index contributed by atoms with van der Waals surface area (Å²) >= 11 is 0. The zero-order valence-electron chi connectivity index (χ0n) is 21.3. The van der Waals surface area contributed by atoms with Crippen LogP contribution in [0.4, 0.5) is 0 Å². The Kier molecular flexibility index (Phi) is 7.49. The average Bonchev–Trinajstić information content (AvgIpc) is 3.08. The number of carbonyl (C=O) groups is 2. The van der Waals surface area contributed by atoms with E-state index in [1.54, 1.807) is 6.92 Å². The molecule has 186 valence electrons. The molecule has 0 aromatic carbocycles. The minimum atomic E-state index is -1.83. The summed E-state index contributed by atoms with van der Waals surface area (Å²) in [6.07, 6.45) is 8.09. The van der Waals surface area contributed by atoms with Gasteiger partial charge in [0.2, 0.25) is 0 Å². The smallest absolute Gasteiger partial charge is 0.188 e. The Balaban J connectivity index is 1.95. The van der Waals surface area contributed by atoms with E-state index in [0.717, 1.165) is 12.8 Å². The second-order valence-corrected chi connectivity index (χ2v) is 11.9. The normalized spacial score (nSPS) is 41.4. The van der Waals surface area contributed by atoms with Crippen LogP contribution in [0.15, 0.2) is 23.8 Å². The quantitative estimate of drug-likeness (QED) is 0.494. The molecule has 33 heavy (non-hydrogen) atoms. The fourth-order valence-corrected chi connectivity index (χ4v) is 6.85. The number of aliphatic hydroxyl groups excluding tert-OH is 2. The molecule has 2 saturated carbocycles. The summed E-state index contributed by atoms with van der Waals surface area (Å²) in [4.78, 5) is 27.0. The molecule has 0 aromatic heterocycles. The number of carbonyl (C=O) groups excluding carboxylic acids is 2. The summed E-state index contributed by atoms with van der Waals surface area (Å²) in [5.74, 6) is 0.898. The Morgan fingerprint density at radius 3 is 2.36 bits per heavy atom. The van der Waals surface area contributed by atoms with E-state index in [0.29, 0.717) is 42.6 Å². The zero-order valence-corrected chi connectivity index (χ0v) is 21.3. The minimum absolute atomic E-state index is 0.0329. The van der Waals surface area contributed by atoms with Gasteiger partial charge in [0.15, 0.2) is 11.6 Å². The molecular weight excluding hydrogens is 416 g/mol. The topological polar surface area (TPSA) is 94.8 Å². The Hall–Kier alpha value is -1.30. The summed E-state index contributed by atoms with van der Waals surface area (Å²) in [5, 5.41) is 31.3. The largest absolute Gasteiger partial charge is 0.396 e. The van der Waals surface area contributed by atoms with Crippen LogP contribution in [0.2, 0.25) is 0 Å². The first-order chi connectivity index (χ1) is 15.3. The molecule has 8 atom stereocenters. The van der Waals surface area contributed by atoms with Crippen molar-refractivity contribution in [2.45, 2.75) is 91.8 Å². The highest BCUT2D eigenvalue weighted by molar-refractivity contribution is 6.16. The van der Waals surface area contributed by atoms with E-state index in [1.165, 1.54) is 6.08 Å². The van der Waals surface area contributed by atoms with Crippen molar-refractivity contribution in [3.63, 3.8) is 0 Å². The first-order valence-electron chi connectivity index (χ1n) is 12.8. The molecule has 2 fully saturated rings. The molecule has 0 heterocycles. The lowest BCUT2D eigenvalue weighted by atomic mass is 9.53. The lowest BCUT2D eigenvalue weighted by Crippen LogP contribution is -2.63. The maximum atomic E-state index is 13.8. The lowest BCUT2D eigenvalue weighted by Gasteiger charge is -2.51. The first kappa shape index (κ1) is 26.3. The van der Waals surface area contributed by atoms with Crippen LogP contribution >= 0.6 is 0 Å².